The third-order valence-electron chi connectivity index (χ3n) is 4.69. The van der Waals surface area contributed by atoms with E-state index in [-0.39, 0.29) is 23.4 Å². The highest BCUT2D eigenvalue weighted by atomic mass is 16.5. The molecular formula is C18H28O2. The summed E-state index contributed by atoms with van der Waals surface area (Å²) < 4.78 is 5.75. The fourth-order valence-corrected chi connectivity index (χ4v) is 2.48. The van der Waals surface area contributed by atoms with Gasteiger partial charge in [0.05, 0.1) is 5.41 Å². The van der Waals surface area contributed by atoms with Crippen molar-refractivity contribution in [1.82, 2.24) is 0 Å². The molecule has 112 valence electrons. The molecule has 0 fully saturated rings. The van der Waals surface area contributed by atoms with E-state index in [2.05, 4.69) is 34.6 Å². The highest BCUT2D eigenvalue weighted by Gasteiger charge is 2.48. The zero-order chi connectivity index (χ0) is 15.6. The van der Waals surface area contributed by atoms with E-state index in [1.54, 1.807) is 0 Å². The predicted octanol–water partition coefficient (Wildman–Crippen LogP) is 5.00. The standard InChI is InChI=1S/C18H28O2/c1-13(2)18(7,17(4,5)6)16(19)20-14(3)15-11-9-8-10-12-15/h8-14H,1-7H3. The number of benzene rings is 1. The molecule has 0 spiro atoms. The first-order chi connectivity index (χ1) is 9.10. The first-order valence-electron chi connectivity index (χ1n) is 7.36. The van der Waals surface area contributed by atoms with Crippen molar-refractivity contribution < 1.29 is 9.53 Å². The number of ether oxygens (including phenoxy) is 1. The van der Waals surface area contributed by atoms with Gasteiger partial charge in [0.1, 0.15) is 6.10 Å². The Morgan fingerprint density at radius 1 is 1.00 bits per heavy atom. The van der Waals surface area contributed by atoms with Crippen molar-refractivity contribution in [3.05, 3.63) is 35.9 Å². The Hall–Kier alpha value is -1.31. The summed E-state index contributed by atoms with van der Waals surface area (Å²) in [5, 5.41) is 0. The molecule has 0 aliphatic rings. The van der Waals surface area contributed by atoms with E-state index in [1.807, 2.05) is 44.2 Å². The van der Waals surface area contributed by atoms with E-state index in [0.717, 1.165) is 5.56 Å². The molecule has 2 heteroatoms. The molecule has 1 rings (SSSR count). The van der Waals surface area contributed by atoms with E-state index in [1.165, 1.54) is 0 Å². The molecule has 2 atom stereocenters. The fraction of sp³-hybridized carbons (Fsp3) is 0.611. The molecule has 0 aliphatic carbocycles. The molecule has 0 bridgehead atoms. The van der Waals surface area contributed by atoms with Crippen molar-refractivity contribution in [2.24, 2.45) is 16.7 Å². The van der Waals surface area contributed by atoms with E-state index in [9.17, 15) is 4.79 Å². The SMILES string of the molecule is CC(OC(=O)C(C)(C(C)C)C(C)(C)C)c1ccccc1. The molecular weight excluding hydrogens is 248 g/mol. The van der Waals surface area contributed by atoms with Crippen LogP contribution in [0.15, 0.2) is 30.3 Å². The van der Waals surface area contributed by atoms with Crippen LogP contribution in [0.4, 0.5) is 0 Å². The molecule has 0 N–H and O–H groups in total. The summed E-state index contributed by atoms with van der Waals surface area (Å²) in [5.74, 6) is 0.106. The smallest absolute Gasteiger partial charge is 0.313 e. The van der Waals surface area contributed by atoms with E-state index >= 15 is 0 Å². The second kappa shape index (κ2) is 5.99. The molecule has 0 saturated carbocycles. The van der Waals surface area contributed by atoms with Crippen LogP contribution in [0.1, 0.15) is 60.1 Å². The van der Waals surface area contributed by atoms with Gasteiger partial charge in [-0.05, 0) is 30.7 Å². The molecule has 0 heterocycles. The Labute approximate surface area is 123 Å². The Bertz CT molecular complexity index is 442. The Kier molecular flexibility index (Phi) is 5.01. The van der Waals surface area contributed by atoms with Crippen LogP contribution in [-0.4, -0.2) is 5.97 Å². The molecule has 20 heavy (non-hydrogen) atoms. The van der Waals surface area contributed by atoms with Gasteiger partial charge in [-0.15, -0.1) is 0 Å². The molecule has 2 unspecified atom stereocenters. The number of carbonyl (C=O) groups excluding carboxylic acids is 1. The van der Waals surface area contributed by atoms with Gasteiger partial charge in [-0.25, -0.2) is 0 Å². The summed E-state index contributed by atoms with van der Waals surface area (Å²) in [6.45, 7) is 14.4. The molecule has 0 radical (unpaired) electrons. The van der Waals surface area contributed by atoms with Crippen LogP contribution in [0.25, 0.3) is 0 Å². The van der Waals surface area contributed by atoms with E-state index in [4.69, 9.17) is 4.74 Å². The summed E-state index contributed by atoms with van der Waals surface area (Å²) >= 11 is 0. The number of hydrogen-bond acceptors (Lipinski definition) is 2. The highest BCUT2D eigenvalue weighted by Crippen LogP contribution is 2.46. The van der Waals surface area contributed by atoms with Gasteiger partial charge in [0.15, 0.2) is 0 Å². The lowest BCUT2D eigenvalue weighted by atomic mass is 9.62. The van der Waals surface area contributed by atoms with Gasteiger partial charge in [0.2, 0.25) is 0 Å². The van der Waals surface area contributed by atoms with Crippen molar-refractivity contribution in [2.45, 2.75) is 54.6 Å². The Morgan fingerprint density at radius 2 is 1.50 bits per heavy atom. The van der Waals surface area contributed by atoms with Crippen LogP contribution in [0.2, 0.25) is 0 Å². The van der Waals surface area contributed by atoms with Gasteiger partial charge in [-0.2, -0.15) is 0 Å². The molecule has 1 aromatic carbocycles. The van der Waals surface area contributed by atoms with Crippen LogP contribution >= 0.6 is 0 Å². The van der Waals surface area contributed by atoms with Crippen LogP contribution in [-0.2, 0) is 9.53 Å². The Balaban J connectivity index is 2.94. The molecule has 0 amide bonds. The second-order valence-corrected chi connectivity index (χ2v) is 7.07. The first-order valence-corrected chi connectivity index (χ1v) is 7.36. The normalized spacial score (nSPS) is 16.6. The number of hydrogen-bond donors (Lipinski definition) is 0. The lowest BCUT2D eigenvalue weighted by Gasteiger charge is -2.43. The minimum absolute atomic E-state index is 0.114. The van der Waals surface area contributed by atoms with E-state index < -0.39 is 5.41 Å². The third kappa shape index (κ3) is 3.23. The van der Waals surface area contributed by atoms with Crippen LogP contribution < -0.4 is 0 Å². The lowest BCUT2D eigenvalue weighted by molar-refractivity contribution is -0.171. The Morgan fingerprint density at radius 3 is 1.90 bits per heavy atom. The predicted molar refractivity (Wildman–Crippen MR) is 83.3 cm³/mol. The third-order valence-corrected chi connectivity index (χ3v) is 4.69. The van der Waals surface area contributed by atoms with Gasteiger partial charge in [-0.1, -0.05) is 65.0 Å². The van der Waals surface area contributed by atoms with E-state index in [0.29, 0.717) is 0 Å². The number of rotatable bonds is 4. The quantitative estimate of drug-likeness (QED) is 0.723. The maximum absolute atomic E-state index is 12.7. The topological polar surface area (TPSA) is 26.3 Å². The van der Waals surface area contributed by atoms with Crippen LogP contribution in [0.5, 0.6) is 0 Å². The summed E-state index contributed by atoms with van der Waals surface area (Å²) in [6.07, 6.45) is -0.218. The molecule has 0 aromatic heterocycles. The van der Waals surface area contributed by atoms with Crippen LogP contribution in [0, 0.1) is 16.7 Å². The molecule has 1 aromatic rings. The fourth-order valence-electron chi connectivity index (χ4n) is 2.48. The largest absolute Gasteiger partial charge is 0.457 e. The second-order valence-electron chi connectivity index (χ2n) is 7.07. The van der Waals surface area contributed by atoms with Crippen molar-refractivity contribution in [1.29, 1.82) is 0 Å². The monoisotopic (exact) mass is 276 g/mol. The number of carbonyl (C=O) groups is 1. The van der Waals surface area contributed by atoms with Crippen molar-refractivity contribution in [3.8, 4) is 0 Å². The van der Waals surface area contributed by atoms with Gasteiger partial charge in [0.25, 0.3) is 0 Å². The van der Waals surface area contributed by atoms with Crippen molar-refractivity contribution >= 4 is 5.97 Å². The average molecular weight is 276 g/mol. The maximum atomic E-state index is 12.7. The van der Waals surface area contributed by atoms with Gasteiger partial charge < -0.3 is 4.74 Å². The molecule has 0 aliphatic heterocycles. The molecule has 0 saturated heterocycles. The minimum Gasteiger partial charge on any atom is -0.457 e. The summed E-state index contributed by atoms with van der Waals surface area (Å²) in [6, 6.07) is 9.87. The summed E-state index contributed by atoms with van der Waals surface area (Å²) in [7, 11) is 0. The number of esters is 1. The van der Waals surface area contributed by atoms with Crippen molar-refractivity contribution in [3.63, 3.8) is 0 Å². The van der Waals surface area contributed by atoms with Gasteiger partial charge in [0, 0.05) is 0 Å². The highest BCUT2D eigenvalue weighted by molar-refractivity contribution is 5.78. The maximum Gasteiger partial charge on any atom is 0.313 e. The zero-order valence-corrected chi connectivity index (χ0v) is 13.9. The van der Waals surface area contributed by atoms with Gasteiger partial charge in [-0.3, -0.25) is 4.79 Å². The summed E-state index contributed by atoms with van der Waals surface area (Å²) in [4.78, 5) is 12.7. The van der Waals surface area contributed by atoms with Gasteiger partial charge >= 0.3 is 5.97 Å². The zero-order valence-electron chi connectivity index (χ0n) is 13.9. The minimum atomic E-state index is -0.504. The van der Waals surface area contributed by atoms with Crippen LogP contribution in [0.3, 0.4) is 0 Å². The van der Waals surface area contributed by atoms with Crippen molar-refractivity contribution in [2.75, 3.05) is 0 Å². The lowest BCUT2D eigenvalue weighted by Crippen LogP contribution is -2.45. The summed E-state index contributed by atoms with van der Waals surface area (Å²) in [5.41, 5.74) is 0.380. The first kappa shape index (κ1) is 16.7. The molecule has 2 nitrogen and oxygen atoms in total. The average Bonchev–Trinajstić information content (AvgIpc) is 2.36.